The first kappa shape index (κ1) is 17.2. The summed E-state index contributed by atoms with van der Waals surface area (Å²) in [4.78, 5) is 3.80. The summed E-state index contributed by atoms with van der Waals surface area (Å²) >= 11 is 0. The van der Waals surface area contributed by atoms with Crippen molar-refractivity contribution in [1.82, 2.24) is 30.4 Å². The van der Waals surface area contributed by atoms with E-state index in [4.69, 9.17) is 5.73 Å². The summed E-state index contributed by atoms with van der Waals surface area (Å²) in [6.07, 6.45) is 2.95. The molecule has 1 aliphatic rings. The SMILES string of the molecule is Cn1nnc(-c2ccccc2-c2ccc(CN3CNC=C3CCN)cc2)n1. The maximum Gasteiger partial charge on any atom is 0.205 e. The molecule has 1 aromatic heterocycles. The van der Waals surface area contributed by atoms with Crippen molar-refractivity contribution in [2.75, 3.05) is 13.2 Å². The zero-order valence-electron chi connectivity index (χ0n) is 15.3. The Morgan fingerprint density at radius 3 is 2.56 bits per heavy atom. The van der Waals surface area contributed by atoms with Gasteiger partial charge in [0, 0.05) is 30.4 Å². The Kier molecular flexibility index (Phi) is 4.84. The molecule has 0 aliphatic carbocycles. The Balaban J connectivity index is 1.56. The molecule has 0 spiro atoms. The van der Waals surface area contributed by atoms with Crippen LogP contribution in [0.15, 0.2) is 60.4 Å². The van der Waals surface area contributed by atoms with E-state index in [9.17, 15) is 0 Å². The van der Waals surface area contributed by atoms with E-state index in [0.29, 0.717) is 12.4 Å². The molecule has 2 aromatic carbocycles. The molecular formula is C20H23N7. The minimum atomic E-state index is 0.636. The van der Waals surface area contributed by atoms with E-state index in [0.717, 1.165) is 36.3 Å². The van der Waals surface area contributed by atoms with Gasteiger partial charge in [0.05, 0.1) is 13.7 Å². The van der Waals surface area contributed by atoms with E-state index in [1.54, 1.807) is 7.05 Å². The topological polar surface area (TPSA) is 84.9 Å². The number of hydrogen-bond donors (Lipinski definition) is 2. The first-order valence-electron chi connectivity index (χ1n) is 9.05. The molecule has 7 heteroatoms. The highest BCUT2D eigenvalue weighted by Gasteiger charge is 2.15. The molecular weight excluding hydrogens is 338 g/mol. The second-order valence-corrected chi connectivity index (χ2v) is 6.58. The molecule has 0 radical (unpaired) electrons. The molecule has 138 valence electrons. The Bertz CT molecular complexity index is 943. The van der Waals surface area contributed by atoms with Gasteiger partial charge in [-0.2, -0.15) is 4.80 Å². The summed E-state index contributed by atoms with van der Waals surface area (Å²) in [5.74, 6) is 0.636. The van der Waals surface area contributed by atoms with Crippen LogP contribution in [0, 0.1) is 0 Å². The van der Waals surface area contributed by atoms with Crippen molar-refractivity contribution in [2.24, 2.45) is 12.8 Å². The maximum atomic E-state index is 5.70. The summed E-state index contributed by atoms with van der Waals surface area (Å²) in [6, 6.07) is 16.8. The molecule has 0 unspecified atom stereocenters. The van der Waals surface area contributed by atoms with Crippen molar-refractivity contribution < 1.29 is 0 Å². The maximum absolute atomic E-state index is 5.70. The molecule has 0 bridgehead atoms. The van der Waals surface area contributed by atoms with Crippen molar-refractivity contribution in [2.45, 2.75) is 13.0 Å². The van der Waals surface area contributed by atoms with Crippen LogP contribution in [0.2, 0.25) is 0 Å². The fraction of sp³-hybridized carbons (Fsp3) is 0.250. The van der Waals surface area contributed by atoms with E-state index in [2.05, 4.69) is 62.2 Å². The molecule has 3 aromatic rings. The lowest BCUT2D eigenvalue weighted by Crippen LogP contribution is -2.24. The van der Waals surface area contributed by atoms with Gasteiger partial charge >= 0.3 is 0 Å². The summed E-state index contributed by atoms with van der Waals surface area (Å²) in [6.45, 7) is 2.36. The van der Waals surface area contributed by atoms with Crippen molar-refractivity contribution in [3.8, 4) is 22.5 Å². The normalized spacial score (nSPS) is 13.6. The van der Waals surface area contributed by atoms with Gasteiger partial charge in [-0.1, -0.05) is 48.5 Å². The van der Waals surface area contributed by atoms with Crippen LogP contribution >= 0.6 is 0 Å². The monoisotopic (exact) mass is 361 g/mol. The highest BCUT2D eigenvalue weighted by atomic mass is 15.6. The van der Waals surface area contributed by atoms with E-state index >= 15 is 0 Å². The van der Waals surface area contributed by atoms with Crippen molar-refractivity contribution >= 4 is 0 Å². The molecule has 0 saturated carbocycles. The lowest BCUT2D eigenvalue weighted by molar-refractivity contribution is 0.346. The molecule has 3 N–H and O–H groups in total. The number of benzene rings is 2. The summed E-state index contributed by atoms with van der Waals surface area (Å²) in [7, 11) is 1.77. The highest BCUT2D eigenvalue weighted by Crippen LogP contribution is 2.30. The largest absolute Gasteiger partial charge is 0.372 e. The number of nitrogens with one attached hydrogen (secondary N) is 1. The van der Waals surface area contributed by atoms with E-state index in [-0.39, 0.29) is 0 Å². The quantitative estimate of drug-likeness (QED) is 0.699. The van der Waals surface area contributed by atoms with Crippen LogP contribution in [0.3, 0.4) is 0 Å². The molecule has 7 nitrogen and oxygen atoms in total. The third kappa shape index (κ3) is 3.68. The summed E-state index contributed by atoms with van der Waals surface area (Å²) in [5, 5.41) is 15.7. The molecule has 0 saturated heterocycles. The van der Waals surface area contributed by atoms with Gasteiger partial charge < -0.3 is 16.0 Å². The van der Waals surface area contributed by atoms with Crippen LogP contribution in [0.4, 0.5) is 0 Å². The molecule has 1 aliphatic heterocycles. The first-order chi connectivity index (χ1) is 13.2. The fourth-order valence-corrected chi connectivity index (χ4v) is 3.33. The lowest BCUT2D eigenvalue weighted by Gasteiger charge is -2.21. The third-order valence-electron chi connectivity index (χ3n) is 4.67. The van der Waals surface area contributed by atoms with E-state index in [1.807, 2.05) is 18.2 Å². The summed E-state index contributed by atoms with van der Waals surface area (Å²) < 4.78 is 0. The molecule has 0 atom stereocenters. The number of hydrogen-bond acceptors (Lipinski definition) is 6. The Morgan fingerprint density at radius 1 is 1.07 bits per heavy atom. The molecule has 4 rings (SSSR count). The van der Waals surface area contributed by atoms with Crippen LogP contribution in [0.1, 0.15) is 12.0 Å². The number of aryl methyl sites for hydroxylation is 1. The van der Waals surface area contributed by atoms with Crippen LogP contribution in [-0.4, -0.2) is 38.3 Å². The summed E-state index contributed by atoms with van der Waals surface area (Å²) in [5.41, 5.74) is 11.4. The molecule has 0 amide bonds. The number of nitrogens with zero attached hydrogens (tertiary/aromatic N) is 5. The highest BCUT2D eigenvalue weighted by molar-refractivity contribution is 5.80. The standard InChI is InChI=1S/C20H23N7/c1-26-24-20(23-25-26)19-5-3-2-4-18(19)16-8-6-15(7-9-16)13-27-14-22-12-17(27)10-11-21/h2-9,12,22H,10-11,13-14,21H2,1H3. The predicted octanol–water partition coefficient (Wildman–Crippen LogP) is 2.10. The fourth-order valence-electron chi connectivity index (χ4n) is 3.33. The first-order valence-corrected chi connectivity index (χ1v) is 9.05. The lowest BCUT2D eigenvalue weighted by atomic mass is 9.98. The zero-order valence-corrected chi connectivity index (χ0v) is 15.3. The van der Waals surface area contributed by atoms with Crippen LogP contribution < -0.4 is 11.1 Å². The molecule has 27 heavy (non-hydrogen) atoms. The van der Waals surface area contributed by atoms with Crippen molar-refractivity contribution in [1.29, 1.82) is 0 Å². The predicted molar refractivity (Wildman–Crippen MR) is 105 cm³/mol. The molecule has 0 fully saturated rings. The third-order valence-corrected chi connectivity index (χ3v) is 4.67. The van der Waals surface area contributed by atoms with Gasteiger partial charge in [0.15, 0.2) is 0 Å². The second kappa shape index (κ2) is 7.59. The van der Waals surface area contributed by atoms with E-state index < -0.39 is 0 Å². The van der Waals surface area contributed by atoms with Gasteiger partial charge in [0.1, 0.15) is 0 Å². The number of aromatic nitrogens is 4. The Morgan fingerprint density at radius 2 is 1.85 bits per heavy atom. The van der Waals surface area contributed by atoms with Gasteiger partial charge in [-0.05, 0) is 28.4 Å². The number of nitrogens with two attached hydrogens (primary N) is 1. The average molecular weight is 361 g/mol. The number of tetrazole rings is 1. The minimum absolute atomic E-state index is 0.636. The van der Waals surface area contributed by atoms with Crippen molar-refractivity contribution in [3.63, 3.8) is 0 Å². The van der Waals surface area contributed by atoms with Crippen LogP contribution in [0.5, 0.6) is 0 Å². The van der Waals surface area contributed by atoms with Gasteiger partial charge in [-0.15, -0.1) is 10.2 Å². The minimum Gasteiger partial charge on any atom is -0.372 e. The van der Waals surface area contributed by atoms with E-state index in [1.165, 1.54) is 16.1 Å². The van der Waals surface area contributed by atoms with Gasteiger partial charge in [0.2, 0.25) is 5.82 Å². The smallest absolute Gasteiger partial charge is 0.205 e. The van der Waals surface area contributed by atoms with Gasteiger partial charge in [-0.25, -0.2) is 0 Å². The van der Waals surface area contributed by atoms with Crippen molar-refractivity contribution in [3.05, 3.63) is 66.0 Å². The Hall–Kier alpha value is -3.19. The molecule has 2 heterocycles. The van der Waals surface area contributed by atoms with Gasteiger partial charge in [-0.3, -0.25) is 0 Å². The number of rotatable bonds is 6. The average Bonchev–Trinajstić information content (AvgIpc) is 3.32. The second-order valence-electron chi connectivity index (χ2n) is 6.58. The van der Waals surface area contributed by atoms with Gasteiger partial charge in [0.25, 0.3) is 0 Å². The zero-order chi connectivity index (χ0) is 18.6. The Labute approximate surface area is 158 Å². The van der Waals surface area contributed by atoms with Crippen LogP contribution in [0.25, 0.3) is 22.5 Å². The van der Waals surface area contributed by atoms with Crippen LogP contribution in [-0.2, 0) is 13.6 Å².